The zero-order valence-corrected chi connectivity index (χ0v) is 14.6. The summed E-state index contributed by atoms with van der Waals surface area (Å²) in [5.41, 5.74) is 0. The second kappa shape index (κ2) is 7.85. The number of fused-ring (bicyclic) bond motifs is 1. The fourth-order valence-corrected chi connectivity index (χ4v) is 2.97. The molecule has 1 N–H and O–H groups in total. The fourth-order valence-electron chi connectivity index (χ4n) is 2.64. The summed E-state index contributed by atoms with van der Waals surface area (Å²) in [6.07, 6.45) is 4.39. The Kier molecular flexibility index (Phi) is 5.58. The number of aromatic nitrogens is 3. The van der Waals surface area contributed by atoms with Gasteiger partial charge in [-0.1, -0.05) is 29.6 Å². The van der Waals surface area contributed by atoms with Crippen molar-refractivity contribution in [1.29, 1.82) is 0 Å². The zero-order chi connectivity index (χ0) is 16.9. The van der Waals surface area contributed by atoms with Crippen LogP contribution >= 0.6 is 23.2 Å². The minimum absolute atomic E-state index is 0.138. The molecular weight excluding hydrogens is 351 g/mol. The summed E-state index contributed by atoms with van der Waals surface area (Å²) in [5, 5.41) is 12.1. The Labute approximate surface area is 150 Å². The molecule has 6 nitrogen and oxygen atoms in total. The highest BCUT2D eigenvalue weighted by atomic mass is 35.5. The van der Waals surface area contributed by atoms with Crippen molar-refractivity contribution in [2.24, 2.45) is 0 Å². The van der Waals surface area contributed by atoms with Gasteiger partial charge in [0.1, 0.15) is 11.6 Å². The highest BCUT2D eigenvalue weighted by Gasteiger charge is 2.15. The van der Waals surface area contributed by atoms with Crippen LogP contribution in [-0.2, 0) is 24.3 Å². The predicted octanol–water partition coefficient (Wildman–Crippen LogP) is 3.01. The van der Waals surface area contributed by atoms with E-state index < -0.39 is 0 Å². The predicted molar refractivity (Wildman–Crippen MR) is 91.4 cm³/mol. The van der Waals surface area contributed by atoms with E-state index in [9.17, 15) is 4.79 Å². The van der Waals surface area contributed by atoms with Crippen LogP contribution in [0, 0.1) is 0 Å². The molecule has 0 fully saturated rings. The Hall–Kier alpha value is -1.79. The molecule has 128 valence electrons. The third-order valence-electron chi connectivity index (χ3n) is 3.88. The number of carbonyl (C=O) groups excluding carboxylic acids is 1. The quantitative estimate of drug-likeness (QED) is 0.880. The van der Waals surface area contributed by atoms with Gasteiger partial charge in [0, 0.05) is 24.1 Å². The van der Waals surface area contributed by atoms with E-state index >= 15 is 0 Å². The Morgan fingerprint density at radius 1 is 1.25 bits per heavy atom. The Bertz CT molecular complexity index is 733. The van der Waals surface area contributed by atoms with Crippen LogP contribution in [0.5, 0.6) is 5.75 Å². The number of halogens is 2. The van der Waals surface area contributed by atoms with Gasteiger partial charge in [-0.25, -0.2) is 0 Å². The first-order chi connectivity index (χ1) is 11.6. The number of ether oxygens (including phenoxy) is 1. The van der Waals surface area contributed by atoms with Crippen molar-refractivity contribution in [3.63, 3.8) is 0 Å². The third-order valence-corrected chi connectivity index (χ3v) is 4.43. The second-order valence-electron chi connectivity index (χ2n) is 5.63. The fraction of sp³-hybridized carbons (Fsp3) is 0.438. The van der Waals surface area contributed by atoms with Gasteiger partial charge in [0.15, 0.2) is 12.4 Å². The molecule has 1 aliphatic rings. The number of nitrogens with zero attached hydrogens (tertiary/aromatic N) is 3. The molecule has 0 saturated carbocycles. The summed E-state index contributed by atoms with van der Waals surface area (Å²) in [7, 11) is 0. The molecule has 0 bridgehead atoms. The van der Waals surface area contributed by atoms with Gasteiger partial charge in [-0.05, 0) is 25.0 Å². The zero-order valence-electron chi connectivity index (χ0n) is 13.1. The van der Waals surface area contributed by atoms with Gasteiger partial charge in [0.05, 0.1) is 11.6 Å². The van der Waals surface area contributed by atoms with Gasteiger partial charge < -0.3 is 14.6 Å². The Balaban J connectivity index is 1.53. The molecule has 1 amide bonds. The molecule has 0 aliphatic carbocycles. The van der Waals surface area contributed by atoms with Crippen LogP contribution in [-0.4, -0.2) is 27.3 Å². The first-order valence-electron chi connectivity index (χ1n) is 7.89. The molecule has 3 rings (SSSR count). The number of amides is 1. The highest BCUT2D eigenvalue weighted by Crippen LogP contribution is 2.27. The molecule has 1 aromatic carbocycles. The van der Waals surface area contributed by atoms with E-state index in [0.717, 1.165) is 37.5 Å². The standard InChI is InChI=1S/C16H18Cl2N4O2/c17-11-5-6-12(18)13(8-11)24-10-16(23)19-9-15-21-20-14-4-2-1-3-7-22(14)15/h5-6,8H,1-4,7,9-10H2,(H,19,23). The average Bonchev–Trinajstić information content (AvgIpc) is 2.80. The van der Waals surface area contributed by atoms with Crippen LogP contribution in [0.15, 0.2) is 18.2 Å². The summed E-state index contributed by atoms with van der Waals surface area (Å²) in [5.74, 6) is 1.91. The lowest BCUT2D eigenvalue weighted by molar-refractivity contribution is -0.123. The van der Waals surface area contributed by atoms with Crippen LogP contribution in [0.2, 0.25) is 10.0 Å². The molecule has 1 aliphatic heterocycles. The maximum absolute atomic E-state index is 12.0. The average molecular weight is 369 g/mol. The van der Waals surface area contributed by atoms with Gasteiger partial charge in [-0.15, -0.1) is 10.2 Å². The first-order valence-corrected chi connectivity index (χ1v) is 8.64. The Morgan fingerprint density at radius 2 is 2.12 bits per heavy atom. The van der Waals surface area contributed by atoms with Crippen LogP contribution in [0.1, 0.15) is 30.9 Å². The minimum Gasteiger partial charge on any atom is -0.482 e. The summed E-state index contributed by atoms with van der Waals surface area (Å²) in [6, 6.07) is 4.87. The van der Waals surface area contributed by atoms with Crippen LogP contribution in [0.3, 0.4) is 0 Å². The van der Waals surface area contributed by atoms with E-state index in [1.807, 2.05) is 0 Å². The SMILES string of the molecule is O=C(COc1cc(Cl)ccc1Cl)NCc1nnc2n1CCCCC2. The molecule has 0 unspecified atom stereocenters. The third kappa shape index (κ3) is 4.19. The molecule has 8 heteroatoms. The minimum atomic E-state index is -0.253. The van der Waals surface area contributed by atoms with E-state index in [4.69, 9.17) is 27.9 Å². The summed E-state index contributed by atoms with van der Waals surface area (Å²) in [6.45, 7) is 1.10. The van der Waals surface area contributed by atoms with Crippen molar-refractivity contribution in [2.45, 2.75) is 38.8 Å². The molecule has 0 atom stereocenters. The van der Waals surface area contributed by atoms with Gasteiger partial charge in [0.2, 0.25) is 0 Å². The van der Waals surface area contributed by atoms with Crippen LogP contribution < -0.4 is 10.1 Å². The monoisotopic (exact) mass is 368 g/mol. The molecule has 24 heavy (non-hydrogen) atoms. The number of carbonyl (C=O) groups is 1. The summed E-state index contributed by atoms with van der Waals surface area (Å²) in [4.78, 5) is 12.0. The Morgan fingerprint density at radius 3 is 3.00 bits per heavy atom. The van der Waals surface area contributed by atoms with Crippen LogP contribution in [0.4, 0.5) is 0 Å². The molecular formula is C16H18Cl2N4O2. The molecule has 2 heterocycles. The van der Waals surface area contributed by atoms with Crippen molar-refractivity contribution in [1.82, 2.24) is 20.1 Å². The van der Waals surface area contributed by atoms with Gasteiger partial charge in [0.25, 0.3) is 5.91 Å². The van der Waals surface area contributed by atoms with Crippen LogP contribution in [0.25, 0.3) is 0 Å². The van der Waals surface area contributed by atoms with E-state index in [1.54, 1.807) is 18.2 Å². The lowest BCUT2D eigenvalue weighted by Crippen LogP contribution is -2.29. The lowest BCUT2D eigenvalue weighted by atomic mass is 10.2. The largest absolute Gasteiger partial charge is 0.482 e. The van der Waals surface area contributed by atoms with Crippen molar-refractivity contribution < 1.29 is 9.53 Å². The number of aryl methyl sites for hydroxylation is 1. The van der Waals surface area contributed by atoms with Gasteiger partial charge in [-0.2, -0.15) is 0 Å². The maximum Gasteiger partial charge on any atom is 0.258 e. The molecule has 0 spiro atoms. The first kappa shape index (κ1) is 17.0. The van der Waals surface area contributed by atoms with E-state index in [0.29, 0.717) is 22.3 Å². The molecule has 0 saturated heterocycles. The smallest absolute Gasteiger partial charge is 0.258 e. The molecule has 2 aromatic rings. The number of hydrogen-bond donors (Lipinski definition) is 1. The maximum atomic E-state index is 12.0. The van der Waals surface area contributed by atoms with Crippen molar-refractivity contribution in [2.75, 3.05) is 6.61 Å². The number of nitrogens with one attached hydrogen (secondary N) is 1. The van der Waals surface area contributed by atoms with Gasteiger partial charge >= 0.3 is 0 Å². The van der Waals surface area contributed by atoms with Gasteiger partial charge in [-0.3, -0.25) is 4.79 Å². The normalized spacial score (nSPS) is 13.9. The second-order valence-corrected chi connectivity index (χ2v) is 6.48. The van der Waals surface area contributed by atoms with Crippen molar-refractivity contribution in [3.05, 3.63) is 39.9 Å². The molecule has 0 radical (unpaired) electrons. The topological polar surface area (TPSA) is 69.0 Å². The summed E-state index contributed by atoms with van der Waals surface area (Å²) >= 11 is 11.9. The highest BCUT2D eigenvalue weighted by molar-refractivity contribution is 6.34. The molecule has 1 aromatic heterocycles. The number of rotatable bonds is 5. The summed E-state index contributed by atoms with van der Waals surface area (Å²) < 4.78 is 7.51. The van der Waals surface area contributed by atoms with E-state index in [1.165, 1.54) is 6.42 Å². The van der Waals surface area contributed by atoms with E-state index in [2.05, 4.69) is 20.1 Å². The van der Waals surface area contributed by atoms with Crippen molar-refractivity contribution >= 4 is 29.1 Å². The number of hydrogen-bond acceptors (Lipinski definition) is 4. The van der Waals surface area contributed by atoms with E-state index in [-0.39, 0.29) is 12.5 Å². The lowest BCUT2D eigenvalue weighted by Gasteiger charge is -2.10. The van der Waals surface area contributed by atoms with Crippen molar-refractivity contribution in [3.8, 4) is 5.75 Å². The number of benzene rings is 1.